The van der Waals surface area contributed by atoms with Crippen LogP contribution >= 0.6 is 11.3 Å². The molecule has 4 aliphatic heterocycles. The first kappa shape index (κ1) is 49.2. The number of anilines is 1. The lowest BCUT2D eigenvalue weighted by atomic mass is 9.85. The number of carbonyl (C=O) groups is 3. The molecule has 378 valence electrons. The Kier molecular flexibility index (Phi) is 13.8. The van der Waals surface area contributed by atoms with Crippen LogP contribution in [0.4, 0.5) is 10.2 Å². The predicted octanol–water partition coefficient (Wildman–Crippen LogP) is 5.62. The number of aromatic nitrogens is 5. The highest BCUT2D eigenvalue weighted by atomic mass is 32.1. The number of rotatable bonds is 14. The van der Waals surface area contributed by atoms with Gasteiger partial charge in [-0.2, -0.15) is 5.10 Å². The number of ether oxygens (including phenoxy) is 1. The van der Waals surface area contributed by atoms with E-state index in [9.17, 15) is 19.5 Å². The summed E-state index contributed by atoms with van der Waals surface area (Å²) in [4.78, 5) is 64.0. The van der Waals surface area contributed by atoms with Crippen LogP contribution in [0.25, 0.3) is 32.7 Å². The van der Waals surface area contributed by atoms with Crippen LogP contribution in [0, 0.1) is 12.3 Å². The summed E-state index contributed by atoms with van der Waals surface area (Å²) in [7, 11) is 0. The van der Waals surface area contributed by atoms with Crippen LogP contribution in [0.2, 0.25) is 0 Å². The van der Waals surface area contributed by atoms with Crippen molar-refractivity contribution in [2.75, 3.05) is 58.1 Å². The van der Waals surface area contributed by atoms with Gasteiger partial charge in [0.25, 0.3) is 0 Å². The van der Waals surface area contributed by atoms with Crippen LogP contribution in [0.15, 0.2) is 90.7 Å². The van der Waals surface area contributed by atoms with Gasteiger partial charge in [0.2, 0.25) is 17.7 Å². The van der Waals surface area contributed by atoms with Crippen LogP contribution in [-0.2, 0) is 14.4 Å². The minimum absolute atomic E-state index is 0.00118. The minimum atomic E-state index is -1.18. The van der Waals surface area contributed by atoms with Crippen molar-refractivity contribution in [3.05, 3.63) is 102 Å². The SMILES string of the molecule is Cc1ncsc1-c1ccc([C@H](C)NC(=O)[C@@H]2C[C@@H](O)CN2C(=O)[C@@H](NC(=O)CN2CC(N3CC(N4CC[C@@H](n5nc(-c6ccc(Oc7ccccc7)cc6)c6c(N)ncnc65)[C@H](F)C4)C3)C2)C(C)(C)C)cc1. The molecule has 0 aliphatic carbocycles. The molecule has 4 aliphatic rings. The maximum Gasteiger partial charge on any atom is 0.246 e. The average Bonchev–Trinajstić information content (AvgIpc) is 4.06. The van der Waals surface area contributed by atoms with Crippen molar-refractivity contribution >= 4 is 45.9 Å². The van der Waals surface area contributed by atoms with Crippen molar-refractivity contribution in [2.45, 2.75) is 96.0 Å². The van der Waals surface area contributed by atoms with E-state index in [1.54, 1.807) is 16.0 Å². The lowest BCUT2D eigenvalue weighted by molar-refractivity contribution is -0.144. The van der Waals surface area contributed by atoms with Crippen molar-refractivity contribution in [3.8, 4) is 33.2 Å². The number of nitrogen functional groups attached to an aromatic ring is 1. The van der Waals surface area contributed by atoms with Crippen molar-refractivity contribution in [2.24, 2.45) is 5.41 Å². The fourth-order valence-corrected chi connectivity index (χ4v) is 11.4. The average molecular weight is 999 g/mol. The smallest absolute Gasteiger partial charge is 0.246 e. The van der Waals surface area contributed by atoms with E-state index in [1.807, 2.05) is 119 Å². The molecule has 72 heavy (non-hydrogen) atoms. The van der Waals surface area contributed by atoms with Gasteiger partial charge in [-0.3, -0.25) is 29.1 Å². The maximum atomic E-state index is 16.3. The number of aliphatic hydroxyl groups is 1. The summed E-state index contributed by atoms with van der Waals surface area (Å²) in [6.45, 7) is 13.7. The maximum absolute atomic E-state index is 16.3. The molecule has 19 heteroatoms. The summed E-state index contributed by atoms with van der Waals surface area (Å²) in [6.07, 6.45) is 0.0118. The molecule has 6 aromatic rings. The topological polar surface area (TPSA) is 200 Å². The number of halogens is 1. The lowest BCUT2D eigenvalue weighted by Gasteiger charge is -2.55. The molecule has 10 rings (SSSR count). The van der Waals surface area contributed by atoms with Crippen molar-refractivity contribution in [1.29, 1.82) is 0 Å². The Bertz CT molecular complexity index is 2900. The van der Waals surface area contributed by atoms with Gasteiger partial charge in [0.1, 0.15) is 47.6 Å². The Morgan fingerprint density at radius 3 is 2.25 bits per heavy atom. The van der Waals surface area contributed by atoms with Gasteiger partial charge in [-0.15, -0.1) is 11.3 Å². The van der Waals surface area contributed by atoms with Gasteiger partial charge in [0.05, 0.1) is 46.2 Å². The fraction of sp³-hybridized carbons (Fsp3) is 0.453. The number of carbonyl (C=O) groups excluding carboxylic acids is 3. The summed E-state index contributed by atoms with van der Waals surface area (Å²) in [5, 5.41) is 22.3. The van der Waals surface area contributed by atoms with Crippen molar-refractivity contribution in [1.82, 2.24) is 55.0 Å². The molecule has 0 unspecified atom stereocenters. The largest absolute Gasteiger partial charge is 0.457 e. The van der Waals surface area contributed by atoms with Crippen LogP contribution < -0.4 is 21.1 Å². The number of piperidine rings is 1. The molecule has 17 nitrogen and oxygen atoms in total. The van der Waals surface area contributed by atoms with E-state index in [0.717, 1.165) is 46.1 Å². The van der Waals surface area contributed by atoms with Gasteiger partial charge in [-0.25, -0.2) is 24.0 Å². The Morgan fingerprint density at radius 1 is 0.875 bits per heavy atom. The number of nitrogens with one attached hydrogen (secondary N) is 2. The van der Waals surface area contributed by atoms with E-state index >= 15 is 4.39 Å². The quantitative estimate of drug-likeness (QED) is 0.105. The third-order valence-electron chi connectivity index (χ3n) is 14.8. The molecule has 7 heterocycles. The van der Waals surface area contributed by atoms with Gasteiger partial charge < -0.3 is 31.1 Å². The molecule has 4 fully saturated rings. The number of alkyl halides is 1. The normalized spacial score (nSPS) is 22.3. The molecule has 0 spiro atoms. The molecule has 6 atom stereocenters. The number of hydrogen-bond acceptors (Lipinski definition) is 14. The van der Waals surface area contributed by atoms with Gasteiger partial charge >= 0.3 is 0 Å². The summed E-state index contributed by atoms with van der Waals surface area (Å²) in [6, 6.07) is 22.9. The first-order chi connectivity index (χ1) is 34.6. The molecule has 0 bridgehead atoms. The van der Waals surface area contributed by atoms with Gasteiger partial charge in [-0.05, 0) is 73.2 Å². The van der Waals surface area contributed by atoms with Crippen molar-refractivity contribution in [3.63, 3.8) is 0 Å². The number of aliphatic hydroxyl groups excluding tert-OH is 1. The standard InChI is InChI=1S/C53H63FN12O5S/c1-31(33-11-13-35(14-12-33)47-32(2)58-30-72-47)59-51(69)43-21-38(67)26-65(43)52(70)48(53(3,4)5)60-44(68)28-62-22-36(23-62)64-24-37(25-64)63-20-19-42(41(54)27-63)66-50-45(49(55)56-29-57-50)46(61-66)34-15-17-40(18-16-34)71-39-9-7-6-8-10-39/h6-18,29-31,36-38,41-43,48,67H,19-28H2,1-5H3,(H,59,69)(H,60,68)(H2,55,56,57)/t31-,38+,41+,42+,43-,48+/m0/s1. The third-order valence-corrected chi connectivity index (χ3v) is 15.7. The van der Waals surface area contributed by atoms with Crippen LogP contribution in [-0.4, -0.2) is 156 Å². The van der Waals surface area contributed by atoms with Gasteiger partial charge in [-0.1, -0.05) is 63.2 Å². The number of thiazole rings is 1. The van der Waals surface area contributed by atoms with Gasteiger partial charge in [0, 0.05) is 69.9 Å². The molecule has 5 N–H and O–H groups in total. The number of nitrogens with zero attached hydrogens (tertiary/aromatic N) is 9. The van der Waals surface area contributed by atoms with E-state index in [2.05, 4.69) is 40.3 Å². The highest BCUT2D eigenvalue weighted by molar-refractivity contribution is 7.13. The minimum Gasteiger partial charge on any atom is -0.457 e. The first-order valence-corrected chi connectivity index (χ1v) is 25.7. The highest BCUT2D eigenvalue weighted by Crippen LogP contribution is 2.38. The fourth-order valence-electron chi connectivity index (χ4n) is 10.6. The Morgan fingerprint density at radius 2 is 1.57 bits per heavy atom. The number of β-amino-alcohol motifs (C(OH)–C–C–N with tert-alkyl or cyclic N) is 1. The highest BCUT2D eigenvalue weighted by Gasteiger charge is 2.47. The number of hydrogen-bond donors (Lipinski definition) is 4. The summed E-state index contributed by atoms with van der Waals surface area (Å²) < 4.78 is 24.0. The Balaban J connectivity index is 0.691. The number of fused-ring (bicyclic) bond motifs is 1. The van der Waals surface area contributed by atoms with E-state index in [-0.39, 0.29) is 61.8 Å². The summed E-state index contributed by atoms with van der Waals surface area (Å²) in [5.41, 5.74) is 12.4. The van der Waals surface area contributed by atoms with Crippen LogP contribution in [0.1, 0.15) is 63.9 Å². The summed E-state index contributed by atoms with van der Waals surface area (Å²) in [5.74, 6) is 0.673. The molecular formula is C53H63FN12O5S. The Labute approximate surface area is 422 Å². The molecular weight excluding hydrogens is 936 g/mol. The van der Waals surface area contributed by atoms with Crippen LogP contribution in [0.5, 0.6) is 11.5 Å². The second-order valence-electron chi connectivity index (χ2n) is 20.9. The molecule has 3 aromatic carbocycles. The lowest BCUT2D eigenvalue weighted by Crippen LogP contribution is -2.71. The number of likely N-dealkylation sites (tertiary alicyclic amines) is 4. The van der Waals surface area contributed by atoms with E-state index in [4.69, 9.17) is 15.6 Å². The van der Waals surface area contributed by atoms with E-state index in [1.165, 1.54) is 11.2 Å². The number of aryl methyl sites for hydroxylation is 1. The summed E-state index contributed by atoms with van der Waals surface area (Å²) >= 11 is 1.58. The molecule has 4 saturated heterocycles. The first-order valence-electron chi connectivity index (χ1n) is 24.8. The third kappa shape index (κ3) is 10.2. The molecule has 3 aromatic heterocycles. The molecule has 3 amide bonds. The zero-order chi connectivity index (χ0) is 50.4. The second kappa shape index (κ2) is 20.3. The molecule has 0 saturated carbocycles. The van der Waals surface area contributed by atoms with E-state index in [0.29, 0.717) is 48.5 Å². The number of nitrogens with two attached hydrogens (primary N) is 1. The monoisotopic (exact) mass is 998 g/mol. The zero-order valence-electron chi connectivity index (χ0n) is 41.3. The second-order valence-corrected chi connectivity index (χ2v) is 21.7. The van der Waals surface area contributed by atoms with Crippen molar-refractivity contribution < 1.29 is 28.6 Å². The number of benzene rings is 3. The predicted molar refractivity (Wildman–Crippen MR) is 274 cm³/mol. The van der Waals surface area contributed by atoms with Gasteiger partial charge in [0.15, 0.2) is 5.65 Å². The Hall–Kier alpha value is -6.38. The number of amides is 3. The zero-order valence-corrected chi connectivity index (χ0v) is 42.1. The number of para-hydroxylation sites is 1. The molecule has 0 radical (unpaired) electrons. The van der Waals surface area contributed by atoms with E-state index < -0.39 is 41.7 Å². The van der Waals surface area contributed by atoms with Crippen LogP contribution in [0.3, 0.4) is 0 Å².